The van der Waals surface area contributed by atoms with Crippen LogP contribution in [0, 0.1) is 5.92 Å². The molecule has 0 aliphatic rings. The molecule has 0 heteroatoms. The van der Waals surface area contributed by atoms with Gasteiger partial charge in [0.15, 0.2) is 0 Å². The summed E-state index contributed by atoms with van der Waals surface area (Å²) in [7, 11) is 0. The fraction of sp³-hybridized carbons (Fsp3) is 1.00. The molecule has 0 aliphatic carbocycles. The van der Waals surface area contributed by atoms with Gasteiger partial charge in [-0.3, -0.25) is 0 Å². The summed E-state index contributed by atoms with van der Waals surface area (Å²) in [5.74, 6) is 0.967. The standard InChI is InChI=1S/C39H80/c1-4-6-8-10-12-14-16-17-18-19-20-21-22-23-24-25-26-27-28-30-32-34-36-38-39(3)37-35-33-31-29-15-13-11-9-7-5-2/h39H,4-38H2,1-3H3. The summed E-state index contributed by atoms with van der Waals surface area (Å²) in [6, 6.07) is 0. The molecule has 0 spiro atoms. The third-order valence-electron chi connectivity index (χ3n) is 9.35. The van der Waals surface area contributed by atoms with Crippen LogP contribution in [-0.4, -0.2) is 0 Å². The molecule has 1 unspecified atom stereocenters. The molecule has 0 amide bonds. The van der Waals surface area contributed by atoms with Crippen LogP contribution in [-0.2, 0) is 0 Å². The van der Waals surface area contributed by atoms with E-state index in [1.165, 1.54) is 225 Å². The molecule has 0 aromatic carbocycles. The van der Waals surface area contributed by atoms with Gasteiger partial charge in [-0.25, -0.2) is 0 Å². The van der Waals surface area contributed by atoms with Crippen LogP contribution in [0.1, 0.15) is 245 Å². The van der Waals surface area contributed by atoms with Crippen molar-refractivity contribution in [3.05, 3.63) is 0 Å². The van der Waals surface area contributed by atoms with Gasteiger partial charge in [-0.05, 0) is 5.92 Å². The lowest BCUT2D eigenvalue weighted by Gasteiger charge is -2.11. The average Bonchev–Trinajstić information content (AvgIpc) is 2.94. The molecule has 0 heterocycles. The van der Waals surface area contributed by atoms with Crippen molar-refractivity contribution < 1.29 is 0 Å². The molecule has 0 aromatic rings. The second kappa shape index (κ2) is 36.0. The van der Waals surface area contributed by atoms with Crippen molar-refractivity contribution in [2.24, 2.45) is 5.92 Å². The van der Waals surface area contributed by atoms with E-state index >= 15 is 0 Å². The van der Waals surface area contributed by atoms with Crippen molar-refractivity contribution in [1.82, 2.24) is 0 Å². The molecule has 39 heavy (non-hydrogen) atoms. The van der Waals surface area contributed by atoms with Gasteiger partial charge in [0.2, 0.25) is 0 Å². The highest BCUT2D eigenvalue weighted by molar-refractivity contribution is 4.57. The Morgan fingerprint density at radius 2 is 0.385 bits per heavy atom. The Bertz CT molecular complexity index is 399. The van der Waals surface area contributed by atoms with E-state index in [2.05, 4.69) is 20.8 Å². The topological polar surface area (TPSA) is 0 Å². The van der Waals surface area contributed by atoms with Crippen LogP contribution in [0.2, 0.25) is 0 Å². The van der Waals surface area contributed by atoms with Crippen molar-refractivity contribution in [1.29, 1.82) is 0 Å². The van der Waals surface area contributed by atoms with E-state index in [1.807, 2.05) is 0 Å². The Kier molecular flexibility index (Phi) is 36.0. The summed E-state index contributed by atoms with van der Waals surface area (Å²) in [5, 5.41) is 0. The van der Waals surface area contributed by atoms with Gasteiger partial charge in [0, 0.05) is 0 Å². The Morgan fingerprint density at radius 3 is 0.564 bits per heavy atom. The molecular weight excluding hydrogens is 468 g/mol. The van der Waals surface area contributed by atoms with E-state index < -0.39 is 0 Å². The molecule has 1 atom stereocenters. The summed E-state index contributed by atoms with van der Waals surface area (Å²) < 4.78 is 0. The van der Waals surface area contributed by atoms with Crippen molar-refractivity contribution >= 4 is 0 Å². The van der Waals surface area contributed by atoms with Crippen LogP contribution in [0.4, 0.5) is 0 Å². The lowest BCUT2D eigenvalue weighted by molar-refractivity contribution is 0.429. The van der Waals surface area contributed by atoms with E-state index in [0.717, 1.165) is 5.92 Å². The normalized spacial score (nSPS) is 12.4. The Balaban J connectivity index is 3.11. The first-order valence-corrected chi connectivity index (χ1v) is 19.3. The van der Waals surface area contributed by atoms with Crippen LogP contribution in [0.15, 0.2) is 0 Å². The quantitative estimate of drug-likeness (QED) is 0.0691. The van der Waals surface area contributed by atoms with Gasteiger partial charge in [0.25, 0.3) is 0 Å². The van der Waals surface area contributed by atoms with Gasteiger partial charge in [-0.2, -0.15) is 0 Å². The predicted molar refractivity (Wildman–Crippen MR) is 182 cm³/mol. The monoisotopic (exact) mass is 549 g/mol. The van der Waals surface area contributed by atoms with E-state index in [-0.39, 0.29) is 0 Å². The van der Waals surface area contributed by atoms with Crippen molar-refractivity contribution in [2.45, 2.75) is 245 Å². The highest BCUT2D eigenvalue weighted by atomic mass is 14.1. The lowest BCUT2D eigenvalue weighted by Crippen LogP contribution is -1.95. The van der Waals surface area contributed by atoms with Gasteiger partial charge in [0.1, 0.15) is 0 Å². The van der Waals surface area contributed by atoms with Gasteiger partial charge in [-0.1, -0.05) is 245 Å². The smallest absolute Gasteiger partial charge is 0.0443 e. The summed E-state index contributed by atoms with van der Waals surface area (Å²) >= 11 is 0. The Labute approximate surface area is 251 Å². The van der Waals surface area contributed by atoms with Crippen LogP contribution in [0.5, 0.6) is 0 Å². The molecule has 0 fully saturated rings. The van der Waals surface area contributed by atoms with Gasteiger partial charge >= 0.3 is 0 Å². The molecule has 0 bridgehead atoms. The van der Waals surface area contributed by atoms with Gasteiger partial charge in [-0.15, -0.1) is 0 Å². The maximum Gasteiger partial charge on any atom is -0.0443 e. The molecule has 0 nitrogen and oxygen atoms in total. The van der Waals surface area contributed by atoms with E-state index in [4.69, 9.17) is 0 Å². The zero-order valence-electron chi connectivity index (χ0n) is 28.3. The average molecular weight is 549 g/mol. The molecule has 0 rings (SSSR count). The third kappa shape index (κ3) is 36.0. The second-order valence-corrected chi connectivity index (χ2v) is 13.6. The molecule has 0 radical (unpaired) electrons. The number of hydrogen-bond acceptors (Lipinski definition) is 0. The molecular formula is C39H80. The summed E-state index contributed by atoms with van der Waals surface area (Å²) in [4.78, 5) is 0. The zero-order chi connectivity index (χ0) is 28.3. The minimum absolute atomic E-state index is 0.967. The minimum Gasteiger partial charge on any atom is -0.0654 e. The molecule has 0 saturated carbocycles. The Hall–Kier alpha value is 0. The summed E-state index contributed by atoms with van der Waals surface area (Å²) in [6.07, 6.45) is 51.7. The van der Waals surface area contributed by atoms with Crippen LogP contribution in [0.25, 0.3) is 0 Å². The fourth-order valence-corrected chi connectivity index (χ4v) is 6.40. The van der Waals surface area contributed by atoms with Gasteiger partial charge < -0.3 is 0 Å². The maximum absolute atomic E-state index is 2.51. The van der Waals surface area contributed by atoms with E-state index in [0.29, 0.717) is 0 Å². The SMILES string of the molecule is CCCCCCCCCCCCCCCCCCCCCCCCCC(C)CCCCCCCCCCCC. The van der Waals surface area contributed by atoms with Crippen LogP contribution in [0.3, 0.4) is 0 Å². The van der Waals surface area contributed by atoms with Gasteiger partial charge in [0.05, 0.1) is 0 Å². The van der Waals surface area contributed by atoms with E-state index in [1.54, 1.807) is 0 Å². The second-order valence-electron chi connectivity index (χ2n) is 13.6. The first-order valence-electron chi connectivity index (χ1n) is 19.3. The first-order chi connectivity index (χ1) is 19.3. The van der Waals surface area contributed by atoms with Crippen LogP contribution >= 0.6 is 0 Å². The molecule has 0 N–H and O–H groups in total. The number of hydrogen-bond donors (Lipinski definition) is 0. The van der Waals surface area contributed by atoms with Crippen LogP contribution < -0.4 is 0 Å². The minimum atomic E-state index is 0.967. The fourth-order valence-electron chi connectivity index (χ4n) is 6.40. The largest absolute Gasteiger partial charge is 0.0654 e. The summed E-state index contributed by atoms with van der Waals surface area (Å²) in [6.45, 7) is 7.13. The summed E-state index contributed by atoms with van der Waals surface area (Å²) in [5.41, 5.74) is 0. The van der Waals surface area contributed by atoms with Crippen molar-refractivity contribution in [2.75, 3.05) is 0 Å². The maximum atomic E-state index is 2.51. The molecule has 0 aliphatic heterocycles. The lowest BCUT2D eigenvalue weighted by atomic mass is 9.95. The molecule has 0 saturated heterocycles. The predicted octanol–water partition coefficient (Wildman–Crippen LogP) is 15.3. The van der Waals surface area contributed by atoms with Crippen molar-refractivity contribution in [3.8, 4) is 0 Å². The molecule has 236 valence electrons. The highest BCUT2D eigenvalue weighted by Crippen LogP contribution is 2.20. The first kappa shape index (κ1) is 39.0. The van der Waals surface area contributed by atoms with E-state index in [9.17, 15) is 0 Å². The highest BCUT2D eigenvalue weighted by Gasteiger charge is 2.02. The zero-order valence-corrected chi connectivity index (χ0v) is 28.3. The number of unbranched alkanes of at least 4 members (excludes halogenated alkanes) is 31. The Morgan fingerprint density at radius 1 is 0.231 bits per heavy atom. The number of rotatable bonds is 35. The molecule has 0 aromatic heterocycles. The third-order valence-corrected chi connectivity index (χ3v) is 9.35. The van der Waals surface area contributed by atoms with Crippen molar-refractivity contribution in [3.63, 3.8) is 0 Å².